The number of amides is 3. The van der Waals surface area contributed by atoms with E-state index in [4.69, 9.17) is 9.47 Å². The van der Waals surface area contributed by atoms with Crippen LogP contribution >= 0.6 is 0 Å². The van der Waals surface area contributed by atoms with Crippen molar-refractivity contribution in [3.63, 3.8) is 0 Å². The molecule has 0 aliphatic carbocycles. The lowest BCUT2D eigenvalue weighted by molar-refractivity contribution is -0.133. The molecule has 1 aromatic heterocycles. The average Bonchev–Trinajstić information content (AvgIpc) is 3.32. The fourth-order valence-electron chi connectivity index (χ4n) is 4.64. The molecule has 10 nitrogen and oxygen atoms in total. The molecule has 2 heterocycles. The summed E-state index contributed by atoms with van der Waals surface area (Å²) in [5.74, 6) is -2.80. The number of benzene rings is 2. The Hall–Kier alpha value is -3.87. The fourth-order valence-corrected chi connectivity index (χ4v) is 4.64. The molecular formula is C29H35F2N5O5. The molecule has 220 valence electrons. The second-order valence-corrected chi connectivity index (χ2v) is 9.64. The van der Waals surface area contributed by atoms with Gasteiger partial charge in [-0.25, -0.2) is 8.78 Å². The molecule has 0 spiro atoms. The van der Waals surface area contributed by atoms with Gasteiger partial charge in [0.05, 0.1) is 45.0 Å². The van der Waals surface area contributed by atoms with Crippen molar-refractivity contribution in [3.05, 3.63) is 71.4 Å². The lowest BCUT2D eigenvalue weighted by Gasteiger charge is -2.35. The first-order chi connectivity index (χ1) is 19.9. The van der Waals surface area contributed by atoms with Crippen molar-refractivity contribution < 1.29 is 32.6 Å². The molecule has 4 rings (SSSR count). The van der Waals surface area contributed by atoms with Gasteiger partial charge in [-0.1, -0.05) is 30.3 Å². The average molecular weight is 572 g/mol. The Labute approximate surface area is 237 Å². The van der Waals surface area contributed by atoms with Gasteiger partial charge in [-0.05, 0) is 24.7 Å². The second kappa shape index (κ2) is 14.7. The molecule has 2 N–H and O–H groups in total. The van der Waals surface area contributed by atoms with Crippen molar-refractivity contribution >= 4 is 28.6 Å². The van der Waals surface area contributed by atoms with Crippen LogP contribution in [0.25, 0.3) is 10.9 Å². The van der Waals surface area contributed by atoms with Gasteiger partial charge in [-0.2, -0.15) is 0 Å². The molecule has 41 heavy (non-hydrogen) atoms. The lowest BCUT2D eigenvalue weighted by atomic mass is 10.2. The first kappa shape index (κ1) is 30.1. The van der Waals surface area contributed by atoms with Crippen LogP contribution in [0.5, 0.6) is 0 Å². The van der Waals surface area contributed by atoms with Gasteiger partial charge in [-0.15, -0.1) is 0 Å². The number of hydrogen-bond acceptors (Lipinski definition) is 6. The van der Waals surface area contributed by atoms with Gasteiger partial charge >= 0.3 is 0 Å². The number of nitrogens with one attached hydrogen (secondary N) is 2. The number of fused-ring (bicyclic) bond motifs is 1. The van der Waals surface area contributed by atoms with Crippen molar-refractivity contribution in [2.75, 3.05) is 66.1 Å². The third-order valence-corrected chi connectivity index (χ3v) is 6.80. The molecule has 1 aliphatic heterocycles. The van der Waals surface area contributed by atoms with Crippen LogP contribution in [-0.2, 0) is 32.2 Å². The molecule has 1 saturated heterocycles. The molecule has 0 saturated carbocycles. The number of carbonyl (C=O) groups excluding carboxylic acids is 3. The Morgan fingerprint density at radius 3 is 2.27 bits per heavy atom. The van der Waals surface area contributed by atoms with E-state index in [9.17, 15) is 23.2 Å². The first-order valence-corrected chi connectivity index (χ1v) is 13.5. The molecule has 0 radical (unpaired) electrons. The van der Waals surface area contributed by atoms with Crippen LogP contribution in [0.1, 0.15) is 16.1 Å². The summed E-state index contributed by atoms with van der Waals surface area (Å²) in [7, 11) is 1.64. The van der Waals surface area contributed by atoms with E-state index < -0.39 is 11.6 Å². The predicted molar refractivity (Wildman–Crippen MR) is 148 cm³/mol. The number of aromatic nitrogens is 1. The topological polar surface area (TPSA) is 105 Å². The zero-order valence-electron chi connectivity index (χ0n) is 23.0. The quantitative estimate of drug-likeness (QED) is 0.303. The summed E-state index contributed by atoms with van der Waals surface area (Å²) in [5, 5.41) is 5.68. The highest BCUT2D eigenvalue weighted by Crippen LogP contribution is 2.24. The minimum absolute atomic E-state index is 0.114. The molecule has 0 unspecified atom stereocenters. The summed E-state index contributed by atoms with van der Waals surface area (Å²) < 4.78 is 41.1. The summed E-state index contributed by atoms with van der Waals surface area (Å²) in [6.45, 7) is 2.87. The Balaban J connectivity index is 1.34. The van der Waals surface area contributed by atoms with E-state index in [2.05, 4.69) is 10.6 Å². The van der Waals surface area contributed by atoms with E-state index in [1.54, 1.807) is 27.5 Å². The lowest BCUT2D eigenvalue weighted by Crippen LogP contribution is -2.53. The first-order valence-electron chi connectivity index (χ1n) is 13.5. The van der Waals surface area contributed by atoms with E-state index in [-0.39, 0.29) is 62.7 Å². The molecule has 3 aromatic rings. The number of nitrogens with zero attached hydrogens (tertiary/aromatic N) is 3. The smallest absolute Gasteiger partial charge is 0.270 e. The maximum absolute atomic E-state index is 14.1. The molecular weight excluding hydrogens is 536 g/mol. The van der Waals surface area contributed by atoms with Gasteiger partial charge in [0.15, 0.2) is 11.6 Å². The summed E-state index contributed by atoms with van der Waals surface area (Å²) in [6, 6.07) is 13.5. The number of ether oxygens (including phenoxy) is 2. The third kappa shape index (κ3) is 8.09. The highest BCUT2D eigenvalue weighted by atomic mass is 19.2. The maximum atomic E-state index is 14.1. The normalized spacial score (nSPS) is 13.5. The number of rotatable bonds is 13. The Morgan fingerprint density at radius 1 is 0.854 bits per heavy atom. The summed E-state index contributed by atoms with van der Waals surface area (Å²) in [4.78, 5) is 40.8. The van der Waals surface area contributed by atoms with Crippen molar-refractivity contribution in [1.82, 2.24) is 25.0 Å². The SMILES string of the molecule is CNCC(=O)NCC(=O)N1CCN(C(=O)c2cc3cc(F)c(F)cc3n2CCOCCOCc2ccccc2)CC1. The van der Waals surface area contributed by atoms with Gasteiger partial charge in [-0.3, -0.25) is 14.4 Å². The minimum Gasteiger partial charge on any atom is -0.377 e. The molecule has 3 amide bonds. The maximum Gasteiger partial charge on any atom is 0.270 e. The van der Waals surface area contributed by atoms with Crippen LogP contribution in [0.4, 0.5) is 8.78 Å². The van der Waals surface area contributed by atoms with Crippen molar-refractivity contribution in [1.29, 1.82) is 0 Å². The molecule has 1 aliphatic rings. The van der Waals surface area contributed by atoms with E-state index in [1.165, 1.54) is 0 Å². The van der Waals surface area contributed by atoms with Gasteiger partial charge in [0, 0.05) is 44.2 Å². The standard InChI is InChI=1S/C29H35F2N5O5/c1-32-18-27(37)33-19-28(38)34-7-9-35(10-8-34)29(39)26-16-22-15-23(30)24(31)17-25(22)36(26)11-12-40-13-14-41-20-21-5-3-2-4-6-21/h2-6,15-17,32H,7-14,18-20H2,1H3,(H,33,37). The van der Waals surface area contributed by atoms with Gasteiger partial charge in [0.1, 0.15) is 5.69 Å². The summed E-state index contributed by atoms with van der Waals surface area (Å²) >= 11 is 0. The second-order valence-electron chi connectivity index (χ2n) is 9.64. The van der Waals surface area contributed by atoms with Crippen molar-refractivity contribution in [2.45, 2.75) is 13.2 Å². The molecule has 0 bridgehead atoms. The van der Waals surface area contributed by atoms with Gasteiger partial charge < -0.3 is 34.5 Å². The summed E-state index contributed by atoms with van der Waals surface area (Å²) in [5.41, 5.74) is 1.74. The van der Waals surface area contributed by atoms with Crippen LogP contribution in [0, 0.1) is 11.6 Å². The van der Waals surface area contributed by atoms with Crippen LogP contribution in [0.3, 0.4) is 0 Å². The predicted octanol–water partition coefficient (Wildman–Crippen LogP) is 1.77. The Morgan fingerprint density at radius 2 is 1.54 bits per heavy atom. The number of halogens is 2. The van der Waals surface area contributed by atoms with Crippen LogP contribution in [-0.4, -0.2) is 98.2 Å². The van der Waals surface area contributed by atoms with Crippen LogP contribution < -0.4 is 10.6 Å². The fraction of sp³-hybridized carbons (Fsp3) is 0.414. The number of carbonyl (C=O) groups is 3. The zero-order chi connectivity index (χ0) is 29.2. The molecule has 12 heteroatoms. The molecule has 1 fully saturated rings. The molecule has 0 atom stereocenters. The van der Waals surface area contributed by atoms with Crippen LogP contribution in [0.15, 0.2) is 48.5 Å². The summed E-state index contributed by atoms with van der Waals surface area (Å²) in [6.07, 6.45) is 0. The van der Waals surface area contributed by atoms with Crippen LogP contribution in [0.2, 0.25) is 0 Å². The van der Waals surface area contributed by atoms with Crippen molar-refractivity contribution in [2.24, 2.45) is 0 Å². The number of hydrogen-bond donors (Lipinski definition) is 2. The van der Waals surface area contributed by atoms with E-state index in [1.807, 2.05) is 30.3 Å². The molecule has 2 aromatic carbocycles. The third-order valence-electron chi connectivity index (χ3n) is 6.80. The number of likely N-dealkylation sites (N-methyl/N-ethyl adjacent to an activating group) is 1. The zero-order valence-corrected chi connectivity index (χ0v) is 23.0. The van der Waals surface area contributed by atoms with Gasteiger partial charge in [0.2, 0.25) is 11.8 Å². The highest BCUT2D eigenvalue weighted by Gasteiger charge is 2.27. The van der Waals surface area contributed by atoms with E-state index in [0.29, 0.717) is 43.8 Å². The highest BCUT2D eigenvalue weighted by molar-refractivity contribution is 5.99. The van der Waals surface area contributed by atoms with E-state index >= 15 is 0 Å². The van der Waals surface area contributed by atoms with Gasteiger partial charge in [0.25, 0.3) is 5.91 Å². The van der Waals surface area contributed by atoms with Crippen molar-refractivity contribution in [3.8, 4) is 0 Å². The number of piperazine rings is 1. The largest absolute Gasteiger partial charge is 0.377 e. The Kier molecular flexibility index (Phi) is 10.8. The minimum atomic E-state index is -1.000. The van der Waals surface area contributed by atoms with E-state index in [0.717, 1.165) is 17.7 Å². The monoisotopic (exact) mass is 571 g/mol. The Bertz CT molecular complexity index is 1340.